The van der Waals surface area contributed by atoms with E-state index in [1.54, 1.807) is 24.8 Å². The van der Waals surface area contributed by atoms with Gasteiger partial charge in [-0.1, -0.05) is 12.1 Å². The van der Waals surface area contributed by atoms with Gasteiger partial charge in [-0.3, -0.25) is 4.57 Å². The zero-order valence-corrected chi connectivity index (χ0v) is 18.8. The van der Waals surface area contributed by atoms with Gasteiger partial charge in [0.1, 0.15) is 12.1 Å². The lowest BCUT2D eigenvalue weighted by Crippen LogP contribution is -2.33. The largest absolute Gasteiger partial charge is 0.497 e. The Bertz CT molecular complexity index is 1180. The van der Waals surface area contributed by atoms with E-state index in [-0.39, 0.29) is 12.6 Å². The third-order valence-electron chi connectivity index (χ3n) is 5.88. The molecular weight excluding hydrogens is 424 g/mol. The zero-order chi connectivity index (χ0) is 21.9. The minimum atomic E-state index is 0.0529. The van der Waals surface area contributed by atoms with Crippen molar-refractivity contribution in [1.29, 1.82) is 0 Å². The highest BCUT2D eigenvalue weighted by atomic mass is 32.1. The average molecular weight is 451 g/mol. The van der Waals surface area contributed by atoms with E-state index in [1.165, 1.54) is 5.56 Å². The van der Waals surface area contributed by atoms with E-state index in [0.717, 1.165) is 54.2 Å². The van der Waals surface area contributed by atoms with Gasteiger partial charge in [0.15, 0.2) is 17.0 Å². The van der Waals surface area contributed by atoms with Crippen molar-refractivity contribution in [3.63, 3.8) is 0 Å². The minimum Gasteiger partial charge on any atom is -0.497 e. The normalized spacial score (nSPS) is 16.1. The number of aliphatic hydroxyl groups is 1. The number of ether oxygens (including phenoxy) is 1. The lowest BCUT2D eigenvalue weighted by molar-refractivity contribution is 0.265. The van der Waals surface area contributed by atoms with Gasteiger partial charge in [0.25, 0.3) is 0 Å². The Balaban J connectivity index is 1.46. The quantitative estimate of drug-likeness (QED) is 0.425. The molecule has 0 amide bonds. The summed E-state index contributed by atoms with van der Waals surface area (Å²) in [6.45, 7) is 1.66. The van der Waals surface area contributed by atoms with E-state index in [2.05, 4.69) is 38.8 Å². The molecule has 0 saturated carbocycles. The Kier molecular flexibility index (Phi) is 5.91. The van der Waals surface area contributed by atoms with Gasteiger partial charge < -0.3 is 20.1 Å². The lowest BCUT2D eigenvalue weighted by atomic mass is 10.1. The van der Waals surface area contributed by atoms with Crippen molar-refractivity contribution in [3.8, 4) is 11.4 Å². The van der Waals surface area contributed by atoms with Crippen LogP contribution in [0.1, 0.15) is 18.4 Å². The van der Waals surface area contributed by atoms with E-state index in [0.29, 0.717) is 12.5 Å². The molecule has 1 fully saturated rings. The number of methoxy groups -OCH3 is 1. The molecule has 9 heteroatoms. The van der Waals surface area contributed by atoms with Crippen molar-refractivity contribution in [2.45, 2.75) is 25.3 Å². The van der Waals surface area contributed by atoms with Gasteiger partial charge in [0.2, 0.25) is 5.95 Å². The smallest absolute Gasteiger partial charge is 0.229 e. The second-order valence-electron chi connectivity index (χ2n) is 7.84. The van der Waals surface area contributed by atoms with Crippen LogP contribution in [0, 0.1) is 0 Å². The van der Waals surface area contributed by atoms with Crippen LogP contribution in [0.5, 0.6) is 5.75 Å². The molecule has 166 valence electrons. The van der Waals surface area contributed by atoms with Gasteiger partial charge >= 0.3 is 0 Å². The predicted octanol–water partition coefficient (Wildman–Crippen LogP) is 3.50. The minimum absolute atomic E-state index is 0.0529. The number of imidazole rings is 1. The van der Waals surface area contributed by atoms with Crippen LogP contribution in [0.2, 0.25) is 0 Å². The van der Waals surface area contributed by atoms with Crippen molar-refractivity contribution in [2.24, 2.45) is 0 Å². The number of hydrogen-bond acceptors (Lipinski definition) is 8. The van der Waals surface area contributed by atoms with E-state index in [9.17, 15) is 5.11 Å². The number of aromatic nitrogens is 4. The Morgan fingerprint density at radius 3 is 2.84 bits per heavy atom. The molecule has 1 aromatic carbocycles. The number of thiophene rings is 1. The molecule has 1 saturated heterocycles. The van der Waals surface area contributed by atoms with Gasteiger partial charge in [0.05, 0.1) is 25.4 Å². The predicted molar refractivity (Wildman–Crippen MR) is 127 cm³/mol. The molecule has 1 unspecified atom stereocenters. The molecule has 0 aliphatic carbocycles. The SMILES string of the molecule is COc1ccc(CCNc2nc(N3CCCC3CO)nc3c2ncn3-c2ccsc2)cc1. The summed E-state index contributed by atoms with van der Waals surface area (Å²) in [5.41, 5.74) is 3.76. The summed E-state index contributed by atoms with van der Waals surface area (Å²) < 4.78 is 7.23. The fourth-order valence-electron chi connectivity index (χ4n) is 4.13. The molecule has 32 heavy (non-hydrogen) atoms. The van der Waals surface area contributed by atoms with Gasteiger partial charge in [-0.05, 0) is 48.4 Å². The molecule has 1 aliphatic rings. The third-order valence-corrected chi connectivity index (χ3v) is 6.55. The second kappa shape index (κ2) is 9.13. The number of hydrogen-bond donors (Lipinski definition) is 2. The van der Waals surface area contributed by atoms with Gasteiger partial charge in [-0.15, -0.1) is 0 Å². The molecule has 2 N–H and O–H groups in total. The van der Waals surface area contributed by atoms with Crippen molar-refractivity contribution >= 4 is 34.3 Å². The Morgan fingerprint density at radius 1 is 1.22 bits per heavy atom. The Morgan fingerprint density at radius 2 is 2.09 bits per heavy atom. The standard InChI is InChI=1S/C23H26N6O2S/c1-31-19-6-4-16(5-7-19)8-10-24-21-20-22(29(15-25-20)18-9-12-32-14-18)27-23(26-21)28-11-2-3-17(28)13-30/h4-7,9,12,14-15,17,30H,2-3,8,10-11,13H2,1H3,(H,24,26,27). The molecule has 4 aromatic rings. The molecule has 8 nitrogen and oxygen atoms in total. The van der Waals surface area contributed by atoms with Crippen molar-refractivity contribution < 1.29 is 9.84 Å². The number of nitrogens with one attached hydrogen (secondary N) is 1. The summed E-state index contributed by atoms with van der Waals surface area (Å²) in [7, 11) is 1.67. The first-order valence-corrected chi connectivity index (χ1v) is 11.7. The van der Waals surface area contributed by atoms with Crippen LogP contribution in [-0.4, -0.2) is 57.5 Å². The molecule has 5 rings (SSSR count). The first kappa shape index (κ1) is 20.7. The maximum absolute atomic E-state index is 9.81. The summed E-state index contributed by atoms with van der Waals surface area (Å²) in [4.78, 5) is 16.4. The van der Waals surface area contributed by atoms with Crippen LogP contribution in [0.25, 0.3) is 16.9 Å². The first-order chi connectivity index (χ1) is 15.8. The van der Waals surface area contributed by atoms with Gasteiger partial charge in [-0.25, -0.2) is 4.98 Å². The molecule has 3 aromatic heterocycles. The number of benzene rings is 1. The van der Waals surface area contributed by atoms with Gasteiger partial charge in [0, 0.05) is 18.5 Å². The molecular formula is C23H26N6O2S. The highest BCUT2D eigenvalue weighted by Crippen LogP contribution is 2.29. The number of anilines is 2. The lowest BCUT2D eigenvalue weighted by Gasteiger charge is -2.23. The van der Waals surface area contributed by atoms with Crippen LogP contribution in [0.3, 0.4) is 0 Å². The fourth-order valence-corrected chi connectivity index (χ4v) is 4.76. The monoisotopic (exact) mass is 450 g/mol. The highest BCUT2D eigenvalue weighted by Gasteiger charge is 2.27. The summed E-state index contributed by atoms with van der Waals surface area (Å²) in [6, 6.07) is 10.2. The summed E-state index contributed by atoms with van der Waals surface area (Å²) in [6.07, 6.45) is 4.62. The molecule has 0 spiro atoms. The van der Waals surface area contributed by atoms with E-state index < -0.39 is 0 Å². The maximum Gasteiger partial charge on any atom is 0.229 e. The molecule has 1 atom stereocenters. The first-order valence-electron chi connectivity index (χ1n) is 10.8. The van der Waals surface area contributed by atoms with Crippen LogP contribution < -0.4 is 15.0 Å². The van der Waals surface area contributed by atoms with Crippen molar-refractivity contribution in [3.05, 3.63) is 53.0 Å². The second-order valence-corrected chi connectivity index (χ2v) is 8.62. The van der Waals surface area contributed by atoms with Crippen molar-refractivity contribution in [2.75, 3.05) is 37.0 Å². The van der Waals surface area contributed by atoms with Crippen LogP contribution in [-0.2, 0) is 6.42 Å². The summed E-state index contributed by atoms with van der Waals surface area (Å²) >= 11 is 1.64. The van der Waals surface area contributed by atoms with Crippen molar-refractivity contribution in [1.82, 2.24) is 19.5 Å². The molecule has 0 radical (unpaired) electrons. The van der Waals surface area contributed by atoms with Crippen LogP contribution >= 0.6 is 11.3 Å². The topological polar surface area (TPSA) is 88.3 Å². The molecule has 1 aliphatic heterocycles. The highest BCUT2D eigenvalue weighted by molar-refractivity contribution is 7.08. The average Bonchev–Trinajstić information content (AvgIpc) is 3.59. The number of nitrogens with zero attached hydrogens (tertiary/aromatic N) is 5. The number of rotatable bonds is 8. The Labute approximate surface area is 190 Å². The van der Waals surface area contributed by atoms with E-state index >= 15 is 0 Å². The number of aliphatic hydroxyl groups excluding tert-OH is 1. The number of fused-ring (bicyclic) bond motifs is 1. The Hall–Kier alpha value is -3.17. The maximum atomic E-state index is 9.81. The third kappa shape index (κ3) is 4.01. The van der Waals surface area contributed by atoms with E-state index in [4.69, 9.17) is 14.7 Å². The molecule has 4 heterocycles. The van der Waals surface area contributed by atoms with Gasteiger partial charge in [-0.2, -0.15) is 21.3 Å². The van der Waals surface area contributed by atoms with E-state index in [1.807, 2.05) is 22.1 Å². The summed E-state index contributed by atoms with van der Waals surface area (Å²) in [5, 5.41) is 17.4. The van der Waals surface area contributed by atoms with Crippen LogP contribution in [0.4, 0.5) is 11.8 Å². The fraction of sp³-hybridized carbons (Fsp3) is 0.348. The molecule has 0 bridgehead atoms. The van der Waals surface area contributed by atoms with Crippen LogP contribution in [0.15, 0.2) is 47.4 Å². The zero-order valence-electron chi connectivity index (χ0n) is 17.9. The summed E-state index contributed by atoms with van der Waals surface area (Å²) in [5.74, 6) is 2.21.